The van der Waals surface area contributed by atoms with Crippen molar-refractivity contribution in [2.24, 2.45) is 5.14 Å². The number of benzene rings is 1. The molecule has 0 saturated heterocycles. The molecule has 108 valence electrons. The van der Waals surface area contributed by atoms with Gasteiger partial charge in [-0.25, -0.2) is 13.6 Å². The van der Waals surface area contributed by atoms with E-state index in [0.717, 1.165) is 0 Å². The van der Waals surface area contributed by atoms with Crippen LogP contribution in [-0.4, -0.2) is 23.2 Å². The van der Waals surface area contributed by atoms with Crippen LogP contribution in [0.5, 0.6) is 0 Å². The molecule has 0 saturated carbocycles. The van der Waals surface area contributed by atoms with E-state index in [4.69, 9.17) is 16.7 Å². The molecule has 0 radical (unpaired) electrons. The highest BCUT2D eigenvalue weighted by atomic mass is 35.5. The Morgan fingerprint density at radius 2 is 1.90 bits per heavy atom. The second-order valence-corrected chi connectivity index (χ2v) is 7.26. The second-order valence-electron chi connectivity index (χ2n) is 5.37. The highest BCUT2D eigenvalue weighted by Gasteiger charge is 2.29. The molecule has 0 aliphatic heterocycles. The zero-order chi connectivity index (χ0) is 15.1. The highest BCUT2D eigenvalue weighted by Crippen LogP contribution is 2.28. The number of hydrogen-bond donors (Lipinski definition) is 1. The molecule has 2 rings (SSSR count). The summed E-state index contributed by atoms with van der Waals surface area (Å²) in [7, 11) is -3.96. The molecule has 1 aromatic carbocycles. The Bertz CT molecular complexity index is 747. The summed E-state index contributed by atoms with van der Waals surface area (Å²) < 4.78 is 24.8. The molecular weight excluding hydrogens is 300 g/mol. The lowest BCUT2D eigenvalue weighted by molar-refractivity contribution is 0.366. The zero-order valence-electron chi connectivity index (χ0n) is 11.3. The molecule has 6 nitrogen and oxygen atoms in total. The second kappa shape index (κ2) is 4.83. The monoisotopic (exact) mass is 314 g/mol. The van der Waals surface area contributed by atoms with Gasteiger partial charge in [0.1, 0.15) is 0 Å². The molecule has 0 aliphatic rings. The molecular formula is C12H15ClN4O2S. The van der Waals surface area contributed by atoms with Crippen molar-refractivity contribution in [3.63, 3.8) is 0 Å². The third-order valence-corrected chi connectivity index (χ3v) is 3.65. The molecule has 0 unspecified atom stereocenters. The van der Waals surface area contributed by atoms with Gasteiger partial charge in [-0.15, -0.1) is 10.2 Å². The van der Waals surface area contributed by atoms with Crippen molar-refractivity contribution in [2.45, 2.75) is 31.5 Å². The number of primary sulfonamides is 1. The van der Waals surface area contributed by atoms with Gasteiger partial charge in [0.25, 0.3) is 15.2 Å². The number of sulfonamides is 1. The van der Waals surface area contributed by atoms with Crippen molar-refractivity contribution >= 4 is 21.6 Å². The standard InChI is InChI=1S/C12H15ClN4O2S/c1-12(2,3)17-10(8-5-4-6-9(13)7-8)15-16-11(17)20(14,18)19/h4-7H,1-3H3,(H2,14,18,19). The molecule has 1 aromatic heterocycles. The molecule has 8 heteroatoms. The first kappa shape index (κ1) is 15.0. The van der Waals surface area contributed by atoms with Gasteiger partial charge in [-0.3, -0.25) is 4.57 Å². The number of nitrogens with zero attached hydrogens (tertiary/aromatic N) is 3. The third kappa shape index (κ3) is 2.84. The number of nitrogens with two attached hydrogens (primary N) is 1. The van der Waals surface area contributed by atoms with Crippen LogP contribution in [0.2, 0.25) is 5.02 Å². The molecule has 0 bridgehead atoms. The Kier molecular flexibility index (Phi) is 3.62. The first-order valence-corrected chi connectivity index (χ1v) is 7.78. The van der Waals surface area contributed by atoms with Crippen LogP contribution < -0.4 is 5.14 Å². The average molecular weight is 315 g/mol. The predicted octanol–water partition coefficient (Wildman–Crippen LogP) is 2.00. The van der Waals surface area contributed by atoms with E-state index in [9.17, 15) is 8.42 Å². The van der Waals surface area contributed by atoms with E-state index in [-0.39, 0.29) is 5.16 Å². The average Bonchev–Trinajstić information content (AvgIpc) is 2.72. The Labute approximate surface area is 122 Å². The van der Waals surface area contributed by atoms with Crippen molar-refractivity contribution in [1.82, 2.24) is 14.8 Å². The van der Waals surface area contributed by atoms with Crippen LogP contribution in [0.25, 0.3) is 11.4 Å². The lowest BCUT2D eigenvalue weighted by Gasteiger charge is -2.24. The van der Waals surface area contributed by atoms with Crippen molar-refractivity contribution in [2.75, 3.05) is 0 Å². The molecule has 0 aliphatic carbocycles. The molecule has 0 fully saturated rings. The van der Waals surface area contributed by atoms with Crippen LogP contribution >= 0.6 is 11.6 Å². The Balaban J connectivity index is 2.76. The minimum absolute atomic E-state index is 0.264. The Morgan fingerprint density at radius 1 is 1.25 bits per heavy atom. The highest BCUT2D eigenvalue weighted by molar-refractivity contribution is 7.89. The molecule has 20 heavy (non-hydrogen) atoms. The first-order valence-electron chi connectivity index (χ1n) is 5.85. The molecule has 2 aromatic rings. The van der Waals surface area contributed by atoms with E-state index in [0.29, 0.717) is 16.4 Å². The fourth-order valence-electron chi connectivity index (χ4n) is 1.87. The summed E-state index contributed by atoms with van der Waals surface area (Å²) >= 11 is 5.96. The maximum absolute atomic E-state index is 11.6. The SMILES string of the molecule is CC(C)(C)n1c(-c2cccc(Cl)c2)nnc1S(N)(=O)=O. The summed E-state index contributed by atoms with van der Waals surface area (Å²) in [5, 5.41) is 13.1. The van der Waals surface area contributed by atoms with Crippen molar-refractivity contribution < 1.29 is 8.42 Å². The van der Waals surface area contributed by atoms with Crippen molar-refractivity contribution in [1.29, 1.82) is 0 Å². The summed E-state index contributed by atoms with van der Waals surface area (Å²) in [5.41, 5.74) is 0.123. The summed E-state index contributed by atoms with van der Waals surface area (Å²) in [6.07, 6.45) is 0. The van der Waals surface area contributed by atoms with Crippen molar-refractivity contribution in [3.05, 3.63) is 29.3 Å². The van der Waals surface area contributed by atoms with Gasteiger partial charge < -0.3 is 0 Å². The van der Waals surface area contributed by atoms with Gasteiger partial charge in [0, 0.05) is 16.1 Å². The normalized spacial score (nSPS) is 12.7. The number of aromatic nitrogens is 3. The predicted molar refractivity (Wildman–Crippen MR) is 76.8 cm³/mol. The van der Waals surface area contributed by atoms with Crippen LogP contribution in [0, 0.1) is 0 Å². The van der Waals surface area contributed by atoms with Gasteiger partial charge >= 0.3 is 0 Å². The van der Waals surface area contributed by atoms with E-state index in [1.807, 2.05) is 20.8 Å². The van der Waals surface area contributed by atoms with Crippen LogP contribution in [0.3, 0.4) is 0 Å². The maximum Gasteiger partial charge on any atom is 0.273 e. The van der Waals surface area contributed by atoms with Crippen LogP contribution in [0.4, 0.5) is 0 Å². The van der Waals surface area contributed by atoms with Gasteiger partial charge in [0.05, 0.1) is 0 Å². The molecule has 0 spiro atoms. The maximum atomic E-state index is 11.6. The summed E-state index contributed by atoms with van der Waals surface area (Å²) in [6.45, 7) is 5.54. The third-order valence-electron chi connectivity index (χ3n) is 2.64. The quantitative estimate of drug-likeness (QED) is 0.917. The minimum Gasteiger partial charge on any atom is -0.291 e. The topological polar surface area (TPSA) is 90.9 Å². The summed E-state index contributed by atoms with van der Waals surface area (Å²) in [6, 6.07) is 6.96. The van der Waals surface area contributed by atoms with E-state index >= 15 is 0 Å². The van der Waals surface area contributed by atoms with Crippen molar-refractivity contribution in [3.8, 4) is 11.4 Å². The van der Waals surface area contributed by atoms with Crippen LogP contribution in [0.15, 0.2) is 29.4 Å². The summed E-state index contributed by atoms with van der Waals surface area (Å²) in [4.78, 5) is 0. The number of halogens is 1. The summed E-state index contributed by atoms with van der Waals surface area (Å²) in [5.74, 6) is 0.407. The van der Waals surface area contributed by atoms with E-state index < -0.39 is 15.6 Å². The fourth-order valence-corrected chi connectivity index (χ4v) is 2.83. The molecule has 0 amide bonds. The zero-order valence-corrected chi connectivity index (χ0v) is 12.9. The lowest BCUT2D eigenvalue weighted by atomic mass is 10.1. The Morgan fingerprint density at radius 3 is 2.40 bits per heavy atom. The fraction of sp³-hybridized carbons (Fsp3) is 0.333. The van der Waals surface area contributed by atoms with Gasteiger partial charge in [-0.1, -0.05) is 23.7 Å². The minimum atomic E-state index is -3.96. The van der Waals surface area contributed by atoms with Gasteiger partial charge in [-0.2, -0.15) is 0 Å². The van der Waals surface area contributed by atoms with E-state index in [1.54, 1.807) is 24.3 Å². The molecule has 0 atom stereocenters. The van der Waals surface area contributed by atoms with Gasteiger partial charge in [-0.05, 0) is 32.9 Å². The number of hydrogen-bond acceptors (Lipinski definition) is 4. The molecule has 2 N–H and O–H groups in total. The van der Waals surface area contributed by atoms with Crippen LogP contribution in [0.1, 0.15) is 20.8 Å². The number of rotatable bonds is 2. The smallest absolute Gasteiger partial charge is 0.273 e. The van der Waals surface area contributed by atoms with E-state index in [1.165, 1.54) is 4.57 Å². The van der Waals surface area contributed by atoms with Gasteiger partial charge in [0.2, 0.25) is 0 Å². The lowest BCUT2D eigenvalue weighted by Crippen LogP contribution is -2.29. The van der Waals surface area contributed by atoms with E-state index in [2.05, 4.69) is 10.2 Å². The van der Waals surface area contributed by atoms with Crippen LogP contribution in [-0.2, 0) is 15.6 Å². The molecule has 1 heterocycles. The van der Waals surface area contributed by atoms with Gasteiger partial charge in [0.15, 0.2) is 5.82 Å². The largest absolute Gasteiger partial charge is 0.291 e. The Hall–Kier alpha value is -1.44. The first-order chi connectivity index (χ1) is 9.10.